The highest BCUT2D eigenvalue weighted by Gasteiger charge is 2.36. The molecule has 134 valence electrons. The van der Waals surface area contributed by atoms with Crippen LogP contribution in [-0.2, 0) is 11.3 Å². The molecule has 1 aliphatic rings. The molecule has 1 saturated heterocycles. The molecule has 0 N–H and O–H groups in total. The molecule has 4 nitrogen and oxygen atoms in total. The third-order valence-corrected chi connectivity index (χ3v) is 4.61. The third-order valence-electron chi connectivity index (χ3n) is 4.61. The second kappa shape index (κ2) is 8.02. The minimum atomic E-state index is -0.446. The van der Waals surface area contributed by atoms with Gasteiger partial charge in [-0.2, -0.15) is 0 Å². The number of piperazine rings is 1. The summed E-state index contributed by atoms with van der Waals surface area (Å²) in [5, 5.41) is 0. The van der Waals surface area contributed by atoms with Crippen molar-refractivity contribution in [2.24, 2.45) is 0 Å². The van der Waals surface area contributed by atoms with E-state index in [1.54, 1.807) is 0 Å². The molecule has 0 radical (unpaired) electrons. The number of nitrogens with zero attached hydrogens (tertiary/aromatic N) is 2. The van der Waals surface area contributed by atoms with Crippen LogP contribution in [0.1, 0.15) is 53.0 Å². The largest absolute Gasteiger partial charge is 0.444 e. The third kappa shape index (κ3) is 4.97. The Morgan fingerprint density at radius 2 is 1.71 bits per heavy atom. The van der Waals surface area contributed by atoms with Crippen LogP contribution < -0.4 is 0 Å². The Labute approximate surface area is 146 Å². The second-order valence-electron chi connectivity index (χ2n) is 7.67. The van der Waals surface area contributed by atoms with Crippen molar-refractivity contribution in [3.63, 3.8) is 0 Å². The van der Waals surface area contributed by atoms with E-state index in [-0.39, 0.29) is 12.1 Å². The van der Waals surface area contributed by atoms with Crippen LogP contribution >= 0.6 is 0 Å². The number of hydrogen-bond acceptors (Lipinski definition) is 3. The summed E-state index contributed by atoms with van der Waals surface area (Å²) in [5.74, 6) is 0. The molecule has 1 aromatic rings. The van der Waals surface area contributed by atoms with E-state index in [0.29, 0.717) is 6.04 Å². The van der Waals surface area contributed by atoms with Crippen molar-refractivity contribution in [2.45, 2.75) is 71.7 Å². The van der Waals surface area contributed by atoms with Gasteiger partial charge in [0.2, 0.25) is 0 Å². The summed E-state index contributed by atoms with van der Waals surface area (Å²) in [5.41, 5.74) is 0.884. The van der Waals surface area contributed by atoms with Crippen LogP contribution in [0.15, 0.2) is 30.3 Å². The second-order valence-corrected chi connectivity index (χ2v) is 7.67. The molecule has 0 aromatic heterocycles. The number of amides is 1. The molecular weight excluding hydrogens is 300 g/mol. The molecule has 4 heteroatoms. The molecule has 0 aliphatic carbocycles. The van der Waals surface area contributed by atoms with E-state index >= 15 is 0 Å². The Balaban J connectivity index is 2.09. The number of carbonyl (C=O) groups is 1. The van der Waals surface area contributed by atoms with Crippen LogP contribution in [-0.4, -0.2) is 46.7 Å². The van der Waals surface area contributed by atoms with Crippen molar-refractivity contribution in [1.29, 1.82) is 0 Å². The van der Waals surface area contributed by atoms with E-state index in [1.165, 1.54) is 5.56 Å². The first-order chi connectivity index (χ1) is 11.3. The van der Waals surface area contributed by atoms with Gasteiger partial charge in [0.25, 0.3) is 0 Å². The highest BCUT2D eigenvalue weighted by Crippen LogP contribution is 2.24. The van der Waals surface area contributed by atoms with Crippen LogP contribution in [0.25, 0.3) is 0 Å². The smallest absolute Gasteiger partial charge is 0.410 e. The standard InChI is InChI=1S/C20H32N2O2/c1-6-17-15-22(19(23)24-20(3,4)5)18(7-2)14-21(17)13-16-11-9-8-10-12-16/h8-12,17-18H,6-7,13-15H2,1-5H3/t17-,18-/m1/s1. The fourth-order valence-corrected chi connectivity index (χ4v) is 3.30. The predicted octanol–water partition coefficient (Wildman–Crippen LogP) is 4.30. The summed E-state index contributed by atoms with van der Waals surface area (Å²) in [6, 6.07) is 11.2. The maximum atomic E-state index is 12.6. The van der Waals surface area contributed by atoms with E-state index in [9.17, 15) is 4.79 Å². The van der Waals surface area contributed by atoms with Gasteiger partial charge >= 0.3 is 6.09 Å². The monoisotopic (exact) mass is 332 g/mol. The summed E-state index contributed by atoms with van der Waals surface area (Å²) in [4.78, 5) is 17.1. The van der Waals surface area contributed by atoms with E-state index in [2.05, 4.69) is 49.1 Å². The molecule has 0 unspecified atom stereocenters. The predicted molar refractivity (Wildman–Crippen MR) is 98.0 cm³/mol. The van der Waals surface area contributed by atoms with Crippen LogP contribution in [0.4, 0.5) is 4.79 Å². The summed E-state index contributed by atoms with van der Waals surface area (Å²) in [7, 11) is 0. The minimum absolute atomic E-state index is 0.174. The fourth-order valence-electron chi connectivity index (χ4n) is 3.30. The lowest BCUT2D eigenvalue weighted by atomic mass is 10.0. The molecule has 0 spiro atoms. The van der Waals surface area contributed by atoms with Gasteiger partial charge in [0.15, 0.2) is 0 Å². The Bertz CT molecular complexity index is 524. The van der Waals surface area contributed by atoms with Gasteiger partial charge in [-0.1, -0.05) is 44.2 Å². The number of rotatable bonds is 4. The van der Waals surface area contributed by atoms with E-state index in [4.69, 9.17) is 4.74 Å². The first kappa shape index (κ1) is 18.8. The SMILES string of the molecule is CC[C@@H]1CN(C(=O)OC(C)(C)C)[C@H](CC)CN1Cc1ccccc1. The first-order valence-corrected chi connectivity index (χ1v) is 9.11. The zero-order chi connectivity index (χ0) is 17.7. The number of ether oxygens (including phenoxy) is 1. The van der Waals surface area contributed by atoms with Gasteiger partial charge in [0.1, 0.15) is 5.60 Å². The lowest BCUT2D eigenvalue weighted by Crippen LogP contribution is -2.59. The van der Waals surface area contributed by atoms with Gasteiger partial charge in [-0.3, -0.25) is 4.90 Å². The normalized spacial score (nSPS) is 22.5. The average Bonchev–Trinajstić information content (AvgIpc) is 2.53. The van der Waals surface area contributed by atoms with Crippen LogP contribution in [0.2, 0.25) is 0 Å². The maximum Gasteiger partial charge on any atom is 0.410 e. The Morgan fingerprint density at radius 3 is 2.25 bits per heavy atom. The van der Waals surface area contributed by atoms with E-state index in [0.717, 1.165) is 32.5 Å². The van der Waals surface area contributed by atoms with Gasteiger partial charge in [0.05, 0.1) is 0 Å². The van der Waals surface area contributed by atoms with Gasteiger partial charge < -0.3 is 9.64 Å². The number of benzene rings is 1. The molecule has 0 bridgehead atoms. The van der Waals surface area contributed by atoms with E-state index in [1.807, 2.05) is 25.7 Å². The summed E-state index contributed by atoms with van der Waals surface area (Å²) in [6.45, 7) is 12.7. The summed E-state index contributed by atoms with van der Waals surface area (Å²) in [6.07, 6.45) is 1.80. The van der Waals surface area contributed by atoms with E-state index < -0.39 is 5.60 Å². The van der Waals surface area contributed by atoms with Gasteiger partial charge in [-0.15, -0.1) is 0 Å². The number of hydrogen-bond donors (Lipinski definition) is 0. The zero-order valence-electron chi connectivity index (χ0n) is 15.8. The number of carbonyl (C=O) groups excluding carboxylic acids is 1. The van der Waals surface area contributed by atoms with Crippen molar-refractivity contribution >= 4 is 6.09 Å². The molecule has 1 heterocycles. The Morgan fingerprint density at radius 1 is 1.08 bits per heavy atom. The highest BCUT2D eigenvalue weighted by atomic mass is 16.6. The maximum absolute atomic E-state index is 12.6. The molecule has 1 aliphatic heterocycles. The first-order valence-electron chi connectivity index (χ1n) is 9.11. The molecule has 2 rings (SSSR count). The summed E-state index contributed by atoms with van der Waals surface area (Å²) < 4.78 is 5.62. The van der Waals surface area contributed by atoms with Crippen LogP contribution in [0.3, 0.4) is 0 Å². The van der Waals surface area contributed by atoms with Gasteiger partial charge in [-0.05, 0) is 39.2 Å². The van der Waals surface area contributed by atoms with Crippen molar-refractivity contribution in [1.82, 2.24) is 9.80 Å². The van der Waals surface area contributed by atoms with Crippen molar-refractivity contribution in [2.75, 3.05) is 13.1 Å². The molecule has 1 fully saturated rings. The summed E-state index contributed by atoms with van der Waals surface area (Å²) >= 11 is 0. The zero-order valence-corrected chi connectivity index (χ0v) is 15.8. The topological polar surface area (TPSA) is 32.8 Å². The lowest BCUT2D eigenvalue weighted by molar-refractivity contribution is -0.0192. The lowest BCUT2D eigenvalue weighted by Gasteiger charge is -2.46. The molecule has 24 heavy (non-hydrogen) atoms. The molecule has 1 amide bonds. The quantitative estimate of drug-likeness (QED) is 0.824. The van der Waals surface area contributed by atoms with Crippen LogP contribution in [0, 0.1) is 0 Å². The minimum Gasteiger partial charge on any atom is -0.444 e. The van der Waals surface area contributed by atoms with Crippen molar-refractivity contribution in [3.8, 4) is 0 Å². The Kier molecular flexibility index (Phi) is 6.27. The van der Waals surface area contributed by atoms with Gasteiger partial charge in [-0.25, -0.2) is 4.79 Å². The highest BCUT2D eigenvalue weighted by molar-refractivity contribution is 5.68. The average molecular weight is 332 g/mol. The molecular formula is C20H32N2O2. The molecule has 1 aromatic carbocycles. The fraction of sp³-hybridized carbons (Fsp3) is 0.650. The Hall–Kier alpha value is -1.55. The van der Waals surface area contributed by atoms with Crippen molar-refractivity contribution in [3.05, 3.63) is 35.9 Å². The van der Waals surface area contributed by atoms with Crippen molar-refractivity contribution < 1.29 is 9.53 Å². The van der Waals surface area contributed by atoms with Gasteiger partial charge in [0, 0.05) is 31.7 Å². The molecule has 0 saturated carbocycles. The van der Waals surface area contributed by atoms with Crippen LogP contribution in [0.5, 0.6) is 0 Å². The molecule has 2 atom stereocenters.